The van der Waals surface area contributed by atoms with Gasteiger partial charge in [-0.05, 0) is 88.2 Å². The average molecular weight is 671 g/mol. The minimum absolute atomic E-state index is 0.0435. The highest BCUT2D eigenvalue weighted by atomic mass is 28.4. The van der Waals surface area contributed by atoms with E-state index in [4.69, 9.17) is 13.6 Å². The van der Waals surface area contributed by atoms with E-state index in [1.54, 1.807) is 45.3 Å². The fourth-order valence-corrected chi connectivity index (χ4v) is 8.13. The average Bonchev–Trinajstić information content (AvgIpc) is 2.93. The van der Waals surface area contributed by atoms with Crippen LogP contribution in [0.2, 0.25) is 36.3 Å². The van der Waals surface area contributed by atoms with Crippen molar-refractivity contribution >= 4 is 34.5 Å². The van der Waals surface area contributed by atoms with Crippen LogP contribution in [0.3, 0.4) is 0 Å². The number of aromatic nitrogens is 2. The first-order valence-electron chi connectivity index (χ1n) is 16.0. The Morgan fingerprint density at radius 3 is 1.67 bits per heavy atom. The van der Waals surface area contributed by atoms with Crippen LogP contribution in [-0.2, 0) is 23.2 Å². The summed E-state index contributed by atoms with van der Waals surface area (Å²) in [5, 5.41) is 2.92. The number of pyridine rings is 2. The lowest BCUT2D eigenvalue weighted by molar-refractivity contribution is -0.181. The molecule has 0 aliphatic carbocycles. The summed E-state index contributed by atoms with van der Waals surface area (Å²) in [6.07, 6.45) is 2.42. The van der Waals surface area contributed by atoms with Crippen molar-refractivity contribution in [1.82, 2.24) is 20.2 Å². The molecule has 2 aliphatic heterocycles. The summed E-state index contributed by atoms with van der Waals surface area (Å²) in [7, 11) is -4.27. The van der Waals surface area contributed by atoms with E-state index >= 15 is 0 Å². The summed E-state index contributed by atoms with van der Waals surface area (Å²) >= 11 is 0. The molecule has 4 atom stereocenters. The zero-order valence-corrected chi connectivity index (χ0v) is 32.1. The summed E-state index contributed by atoms with van der Waals surface area (Å²) in [6, 6.07) is 10.4. The fraction of sp³-hybridized carbons (Fsp3) is 0.618. The summed E-state index contributed by atoms with van der Waals surface area (Å²) in [6.45, 7) is 28.5. The van der Waals surface area contributed by atoms with Crippen LogP contribution in [0.4, 0.5) is 4.79 Å². The summed E-state index contributed by atoms with van der Waals surface area (Å²) in [5.74, 6) is -0.415. The molecule has 2 fully saturated rings. The van der Waals surface area contributed by atoms with Gasteiger partial charge in [0.25, 0.3) is 11.8 Å². The van der Waals surface area contributed by atoms with Gasteiger partial charge in [0.2, 0.25) is 0 Å². The number of ether oxygens (including phenoxy) is 1. The smallest absolute Gasteiger partial charge is 0.417 e. The van der Waals surface area contributed by atoms with E-state index in [2.05, 4.69) is 83.0 Å². The number of amides is 3. The molecular weight excluding hydrogens is 617 g/mol. The Balaban J connectivity index is 0.000000259. The minimum Gasteiger partial charge on any atom is -0.446 e. The fourth-order valence-electron chi connectivity index (χ4n) is 4.99. The standard InChI is InChI=1S/C19H30N2O4Si.C15H24N2O2Si/c1-13(2)24-17(23)21-15(14-11-9-10-12-20-14)19(6,16(21)22)25-26(7,8)18(3,4)5;1-14(2,3)20(5,6)19-15(4)12(17-13(15)18)11-9-7-8-10-16-11/h9-13,15H,1-8H3;7-10,12H,1-6H3,(H,17,18)/t15-,19+;12-,15+/m00/s1. The highest BCUT2D eigenvalue weighted by molar-refractivity contribution is 6.74. The van der Waals surface area contributed by atoms with Gasteiger partial charge in [-0.15, -0.1) is 0 Å². The first-order valence-corrected chi connectivity index (χ1v) is 21.8. The highest BCUT2D eigenvalue weighted by Gasteiger charge is 2.65. The summed E-state index contributed by atoms with van der Waals surface area (Å²) in [5.41, 5.74) is -0.465. The van der Waals surface area contributed by atoms with E-state index in [1.807, 2.05) is 31.2 Å². The maximum atomic E-state index is 13.0. The van der Waals surface area contributed by atoms with Crippen molar-refractivity contribution in [3.8, 4) is 0 Å². The molecule has 12 heteroatoms. The molecule has 10 nitrogen and oxygen atoms in total. The van der Waals surface area contributed by atoms with Crippen LogP contribution < -0.4 is 5.32 Å². The third-order valence-electron chi connectivity index (χ3n) is 9.73. The molecular formula is C34H54N4O6Si2. The van der Waals surface area contributed by atoms with Gasteiger partial charge in [-0.1, -0.05) is 53.7 Å². The first kappa shape index (κ1) is 37.5. The number of imide groups is 1. The lowest BCUT2D eigenvalue weighted by Gasteiger charge is -2.55. The molecule has 254 valence electrons. The maximum Gasteiger partial charge on any atom is 0.417 e. The van der Waals surface area contributed by atoms with Crippen LogP contribution >= 0.6 is 0 Å². The number of nitrogens with one attached hydrogen (secondary N) is 1. The third-order valence-corrected chi connectivity index (χ3v) is 18.8. The predicted octanol–water partition coefficient (Wildman–Crippen LogP) is 7.32. The molecule has 0 spiro atoms. The Morgan fingerprint density at radius 1 is 0.826 bits per heavy atom. The normalized spacial score (nSPS) is 25.2. The van der Waals surface area contributed by atoms with Crippen molar-refractivity contribution in [3.63, 3.8) is 0 Å². The van der Waals surface area contributed by atoms with Gasteiger partial charge in [-0.2, -0.15) is 0 Å². The molecule has 0 saturated carbocycles. The minimum atomic E-state index is -2.25. The van der Waals surface area contributed by atoms with Crippen molar-refractivity contribution in [1.29, 1.82) is 0 Å². The van der Waals surface area contributed by atoms with Crippen LogP contribution in [0, 0.1) is 0 Å². The van der Waals surface area contributed by atoms with E-state index in [1.165, 1.54) is 0 Å². The predicted molar refractivity (Wildman–Crippen MR) is 184 cm³/mol. The monoisotopic (exact) mass is 670 g/mol. The van der Waals surface area contributed by atoms with E-state index in [-0.39, 0.29) is 34.0 Å². The van der Waals surface area contributed by atoms with Crippen LogP contribution in [0.25, 0.3) is 0 Å². The molecule has 0 unspecified atom stereocenters. The molecule has 4 heterocycles. The van der Waals surface area contributed by atoms with Crippen LogP contribution in [0.5, 0.6) is 0 Å². The number of β-lactam (4-membered cyclic amide) rings is 2. The van der Waals surface area contributed by atoms with Crippen molar-refractivity contribution in [2.24, 2.45) is 0 Å². The number of hydrogen-bond donors (Lipinski definition) is 1. The number of likely N-dealkylation sites (tertiary alicyclic amines) is 1. The zero-order chi connectivity index (χ0) is 35.1. The van der Waals surface area contributed by atoms with E-state index < -0.39 is 40.0 Å². The van der Waals surface area contributed by atoms with Crippen molar-refractivity contribution in [2.45, 2.75) is 135 Å². The highest BCUT2D eigenvalue weighted by Crippen LogP contribution is 2.50. The van der Waals surface area contributed by atoms with Gasteiger partial charge in [0.05, 0.1) is 17.5 Å². The Bertz CT molecular complexity index is 1410. The second-order valence-electron chi connectivity index (χ2n) is 15.9. The maximum absolute atomic E-state index is 13.0. The second-order valence-corrected chi connectivity index (χ2v) is 25.3. The van der Waals surface area contributed by atoms with Crippen molar-refractivity contribution in [3.05, 3.63) is 60.2 Å². The van der Waals surface area contributed by atoms with E-state index in [9.17, 15) is 14.4 Å². The third kappa shape index (κ3) is 7.29. The largest absolute Gasteiger partial charge is 0.446 e. The van der Waals surface area contributed by atoms with Crippen molar-refractivity contribution in [2.75, 3.05) is 0 Å². The second kappa shape index (κ2) is 12.9. The number of nitrogens with zero attached hydrogens (tertiary/aromatic N) is 3. The number of hydrogen-bond acceptors (Lipinski definition) is 8. The van der Waals surface area contributed by atoms with Crippen LogP contribution in [0.1, 0.15) is 92.7 Å². The molecule has 2 aromatic heterocycles. The van der Waals surface area contributed by atoms with E-state index in [0.29, 0.717) is 5.69 Å². The van der Waals surface area contributed by atoms with Crippen LogP contribution in [0.15, 0.2) is 48.8 Å². The number of carbonyl (C=O) groups is 3. The van der Waals surface area contributed by atoms with Gasteiger partial charge in [0.15, 0.2) is 27.8 Å². The topological polar surface area (TPSA) is 120 Å². The molecule has 3 amide bonds. The molecule has 0 radical (unpaired) electrons. The molecule has 2 saturated heterocycles. The van der Waals surface area contributed by atoms with Crippen molar-refractivity contribution < 1.29 is 28.0 Å². The van der Waals surface area contributed by atoms with Gasteiger partial charge in [0.1, 0.15) is 12.1 Å². The van der Waals surface area contributed by atoms with Gasteiger partial charge in [-0.3, -0.25) is 19.6 Å². The molecule has 46 heavy (non-hydrogen) atoms. The quantitative estimate of drug-likeness (QED) is 0.240. The molecule has 0 bridgehead atoms. The van der Waals surface area contributed by atoms with E-state index in [0.717, 1.165) is 10.6 Å². The summed E-state index contributed by atoms with van der Waals surface area (Å²) < 4.78 is 18.1. The molecule has 2 aromatic rings. The number of rotatable bonds is 7. The number of carbonyl (C=O) groups excluding carboxylic acids is 3. The molecule has 1 N–H and O–H groups in total. The summed E-state index contributed by atoms with van der Waals surface area (Å²) in [4.78, 5) is 47.4. The Morgan fingerprint density at radius 2 is 1.28 bits per heavy atom. The van der Waals surface area contributed by atoms with Crippen LogP contribution in [-0.4, -0.2) is 66.7 Å². The molecule has 0 aromatic carbocycles. The van der Waals surface area contributed by atoms with Gasteiger partial charge >= 0.3 is 6.09 Å². The molecule has 4 rings (SSSR count). The zero-order valence-electron chi connectivity index (χ0n) is 30.1. The van der Waals surface area contributed by atoms with Gasteiger partial charge in [0, 0.05) is 12.4 Å². The molecule has 2 aliphatic rings. The van der Waals surface area contributed by atoms with Gasteiger partial charge < -0.3 is 18.9 Å². The Labute approximate surface area is 277 Å². The first-order chi connectivity index (χ1) is 20.9. The SMILES string of the molecule is CC(C)(C)[Si](C)(C)O[C@@]1(C)C(=O)N[C@H]1c1ccccn1.CC(C)OC(=O)N1C(=O)[C@](C)(O[Si](C)(C)C(C)(C)C)[C@@H]1c1ccccn1. The lowest BCUT2D eigenvalue weighted by atomic mass is 9.82. The lowest BCUT2D eigenvalue weighted by Crippen LogP contribution is -2.72. The Hall–Kier alpha value is -2.94. The Kier molecular flexibility index (Phi) is 10.5. The van der Waals surface area contributed by atoms with Gasteiger partial charge in [-0.25, -0.2) is 9.69 Å².